The number of aromatic nitrogens is 2. The molecular weight excluding hydrogens is 366 g/mol. The molecule has 0 saturated carbocycles. The lowest BCUT2D eigenvalue weighted by Crippen LogP contribution is -2.50. The molecule has 1 fully saturated rings. The number of amides is 2. The van der Waals surface area contributed by atoms with Gasteiger partial charge >= 0.3 is 6.03 Å². The molecule has 1 N–H and O–H groups in total. The molecule has 2 aliphatic rings. The number of piperidine rings is 1. The monoisotopic (exact) mass is 389 g/mol. The van der Waals surface area contributed by atoms with Crippen LogP contribution in [0.3, 0.4) is 0 Å². The van der Waals surface area contributed by atoms with Crippen LogP contribution < -0.4 is 9.62 Å². The quantitative estimate of drug-likeness (QED) is 0.867. The van der Waals surface area contributed by atoms with Crippen molar-refractivity contribution in [3.8, 4) is 0 Å². The molecule has 8 nitrogen and oxygen atoms in total. The number of aryl methyl sites for hydroxylation is 1. The summed E-state index contributed by atoms with van der Waals surface area (Å²) in [4.78, 5) is 14.1. The average molecular weight is 389 g/mol. The van der Waals surface area contributed by atoms with Crippen molar-refractivity contribution in [3.63, 3.8) is 0 Å². The number of likely N-dealkylation sites (tertiary alicyclic amines) is 1. The molecule has 2 aromatic rings. The van der Waals surface area contributed by atoms with Gasteiger partial charge in [0.25, 0.3) is 0 Å². The molecular formula is C18H23N5O3S. The van der Waals surface area contributed by atoms with Crippen LogP contribution in [0.1, 0.15) is 18.4 Å². The molecule has 9 heteroatoms. The fourth-order valence-corrected chi connectivity index (χ4v) is 5.78. The number of urea groups is 1. The summed E-state index contributed by atoms with van der Waals surface area (Å²) in [5.41, 5.74) is 1.83. The second-order valence-corrected chi connectivity index (χ2v) is 9.15. The van der Waals surface area contributed by atoms with Gasteiger partial charge in [0.05, 0.1) is 10.9 Å². The number of para-hydroxylation sites is 1. The number of hydrogen-bond donors (Lipinski definition) is 1. The van der Waals surface area contributed by atoms with Gasteiger partial charge in [-0.05, 0) is 30.9 Å². The van der Waals surface area contributed by atoms with E-state index in [1.165, 1.54) is 4.31 Å². The first-order valence-electron chi connectivity index (χ1n) is 9.10. The van der Waals surface area contributed by atoms with Crippen molar-refractivity contribution in [2.45, 2.75) is 24.5 Å². The molecule has 3 heterocycles. The van der Waals surface area contributed by atoms with Gasteiger partial charge in [-0.15, -0.1) is 0 Å². The first kappa shape index (κ1) is 17.8. The molecule has 0 spiro atoms. The number of hydrogen-bond acceptors (Lipinski definition) is 4. The Balaban J connectivity index is 1.48. The summed E-state index contributed by atoms with van der Waals surface area (Å²) >= 11 is 0. The van der Waals surface area contributed by atoms with Crippen LogP contribution in [0, 0.1) is 0 Å². The van der Waals surface area contributed by atoms with Crippen molar-refractivity contribution in [1.29, 1.82) is 0 Å². The van der Waals surface area contributed by atoms with E-state index in [1.54, 1.807) is 28.9 Å². The molecule has 1 atom stereocenters. The van der Waals surface area contributed by atoms with Crippen molar-refractivity contribution in [1.82, 2.24) is 14.7 Å². The molecule has 0 radical (unpaired) electrons. The SMILES string of the molecule is Cn1ccc(NC(=O)N2CCC[C@H](S(=O)(=O)N3CCc4ccccc43)C2)n1. The number of rotatable bonds is 3. The Morgan fingerprint density at radius 1 is 1.22 bits per heavy atom. The summed E-state index contributed by atoms with van der Waals surface area (Å²) in [7, 11) is -1.75. The minimum atomic E-state index is -3.52. The van der Waals surface area contributed by atoms with Gasteiger partial charge in [0.2, 0.25) is 10.0 Å². The second kappa shape index (κ2) is 6.88. The minimum Gasteiger partial charge on any atom is -0.323 e. The zero-order valence-corrected chi connectivity index (χ0v) is 16.0. The lowest BCUT2D eigenvalue weighted by molar-refractivity contribution is 0.200. The Kier molecular flexibility index (Phi) is 4.55. The Labute approximate surface area is 158 Å². The first-order valence-corrected chi connectivity index (χ1v) is 10.6. The molecule has 1 aromatic carbocycles. The highest BCUT2D eigenvalue weighted by atomic mass is 32.2. The third-order valence-electron chi connectivity index (χ3n) is 5.19. The Morgan fingerprint density at radius 2 is 2.04 bits per heavy atom. The van der Waals surface area contributed by atoms with Gasteiger partial charge in [-0.3, -0.25) is 14.3 Å². The van der Waals surface area contributed by atoms with Crippen molar-refractivity contribution in [2.24, 2.45) is 7.05 Å². The van der Waals surface area contributed by atoms with E-state index in [9.17, 15) is 13.2 Å². The van der Waals surface area contributed by atoms with Gasteiger partial charge in [-0.1, -0.05) is 18.2 Å². The number of carbonyl (C=O) groups is 1. The van der Waals surface area contributed by atoms with Gasteiger partial charge < -0.3 is 4.90 Å². The highest BCUT2D eigenvalue weighted by Gasteiger charge is 2.39. The van der Waals surface area contributed by atoms with Crippen LogP contribution in [-0.4, -0.2) is 54.0 Å². The standard InChI is InChI=1S/C18H23N5O3S/c1-21-11-9-17(20-21)19-18(24)22-10-4-6-15(13-22)27(25,26)23-12-8-14-5-2-3-7-16(14)23/h2-3,5,7,9,11,15H,4,6,8,10,12-13H2,1H3,(H,19,20,24)/t15-/m0/s1. The van der Waals surface area contributed by atoms with Crippen LogP contribution in [0.15, 0.2) is 36.5 Å². The van der Waals surface area contributed by atoms with Gasteiger partial charge in [-0.2, -0.15) is 5.10 Å². The summed E-state index contributed by atoms with van der Waals surface area (Å²) in [6.07, 6.45) is 3.69. The number of benzene rings is 1. The summed E-state index contributed by atoms with van der Waals surface area (Å²) in [6.45, 7) is 1.21. The topological polar surface area (TPSA) is 87.5 Å². The van der Waals surface area contributed by atoms with E-state index in [1.807, 2.05) is 24.3 Å². The van der Waals surface area contributed by atoms with Crippen LogP contribution in [0.2, 0.25) is 0 Å². The van der Waals surface area contributed by atoms with Crippen molar-refractivity contribution in [2.75, 3.05) is 29.3 Å². The summed E-state index contributed by atoms with van der Waals surface area (Å²) < 4.78 is 29.6. The smallest absolute Gasteiger partial charge is 0.323 e. The summed E-state index contributed by atoms with van der Waals surface area (Å²) in [5.74, 6) is 0.459. The molecule has 4 rings (SSSR count). The molecule has 0 unspecified atom stereocenters. The van der Waals surface area contributed by atoms with Gasteiger partial charge in [0.15, 0.2) is 5.82 Å². The molecule has 0 bridgehead atoms. The zero-order chi connectivity index (χ0) is 19.0. The van der Waals surface area contributed by atoms with Gasteiger partial charge in [0, 0.05) is 38.9 Å². The maximum atomic E-state index is 13.2. The number of nitrogens with zero attached hydrogens (tertiary/aromatic N) is 4. The van der Waals surface area contributed by atoms with E-state index in [0.717, 1.165) is 17.7 Å². The highest BCUT2D eigenvalue weighted by molar-refractivity contribution is 7.93. The molecule has 1 saturated heterocycles. The number of sulfonamides is 1. The fourth-order valence-electron chi connectivity index (χ4n) is 3.79. The van der Waals surface area contributed by atoms with E-state index in [4.69, 9.17) is 0 Å². The Bertz CT molecular complexity index is 955. The predicted molar refractivity (Wildman–Crippen MR) is 103 cm³/mol. The van der Waals surface area contributed by atoms with E-state index in [0.29, 0.717) is 31.7 Å². The third-order valence-corrected chi connectivity index (χ3v) is 7.41. The Hall–Kier alpha value is -2.55. The number of carbonyl (C=O) groups excluding carboxylic acids is 1. The van der Waals surface area contributed by atoms with E-state index in [-0.39, 0.29) is 12.6 Å². The van der Waals surface area contributed by atoms with Gasteiger partial charge in [0.1, 0.15) is 0 Å². The normalized spacial score (nSPS) is 19.8. The maximum absolute atomic E-state index is 13.2. The van der Waals surface area contributed by atoms with E-state index in [2.05, 4.69) is 10.4 Å². The molecule has 0 aliphatic carbocycles. The fraction of sp³-hybridized carbons (Fsp3) is 0.444. The number of fused-ring (bicyclic) bond motifs is 1. The van der Waals surface area contributed by atoms with E-state index >= 15 is 0 Å². The van der Waals surface area contributed by atoms with Gasteiger partial charge in [-0.25, -0.2) is 13.2 Å². The lowest BCUT2D eigenvalue weighted by Gasteiger charge is -2.34. The average Bonchev–Trinajstić information content (AvgIpc) is 3.28. The van der Waals surface area contributed by atoms with Crippen LogP contribution in [-0.2, 0) is 23.5 Å². The largest absolute Gasteiger partial charge is 0.323 e. The second-order valence-electron chi connectivity index (χ2n) is 7.01. The molecule has 2 aliphatic heterocycles. The van der Waals surface area contributed by atoms with Crippen LogP contribution >= 0.6 is 0 Å². The molecule has 1 aromatic heterocycles. The summed E-state index contributed by atoms with van der Waals surface area (Å²) in [5, 5.41) is 6.28. The van der Waals surface area contributed by atoms with E-state index < -0.39 is 15.3 Å². The molecule has 27 heavy (non-hydrogen) atoms. The molecule has 2 amide bonds. The minimum absolute atomic E-state index is 0.194. The summed E-state index contributed by atoms with van der Waals surface area (Å²) in [6, 6.07) is 9.01. The van der Waals surface area contributed by atoms with Crippen LogP contribution in [0.5, 0.6) is 0 Å². The lowest BCUT2D eigenvalue weighted by atomic mass is 10.1. The number of anilines is 2. The van der Waals surface area contributed by atoms with Crippen molar-refractivity contribution >= 4 is 27.6 Å². The first-order chi connectivity index (χ1) is 12.9. The number of nitrogens with one attached hydrogen (secondary N) is 1. The zero-order valence-electron chi connectivity index (χ0n) is 15.2. The predicted octanol–water partition coefficient (Wildman–Crippen LogP) is 1.81. The van der Waals surface area contributed by atoms with Crippen molar-refractivity contribution < 1.29 is 13.2 Å². The van der Waals surface area contributed by atoms with Crippen LogP contribution in [0.4, 0.5) is 16.3 Å². The Morgan fingerprint density at radius 3 is 2.81 bits per heavy atom. The highest BCUT2D eigenvalue weighted by Crippen LogP contribution is 2.33. The third kappa shape index (κ3) is 3.39. The molecule has 144 valence electrons. The maximum Gasteiger partial charge on any atom is 0.323 e. The van der Waals surface area contributed by atoms with Crippen molar-refractivity contribution in [3.05, 3.63) is 42.1 Å². The van der Waals surface area contributed by atoms with Crippen LogP contribution in [0.25, 0.3) is 0 Å².